The molecule has 2 spiro atoms. The molecule has 8 heteroatoms. The first kappa shape index (κ1) is 26.9. The van der Waals surface area contributed by atoms with Gasteiger partial charge in [0.1, 0.15) is 12.2 Å². The summed E-state index contributed by atoms with van der Waals surface area (Å²) in [4.78, 5) is -0.789. The Morgan fingerprint density at radius 3 is 2.63 bits per heavy atom. The average Bonchev–Trinajstić information content (AvgIpc) is 3.70. The van der Waals surface area contributed by atoms with E-state index in [-0.39, 0.29) is 42.2 Å². The molecule has 9 atom stereocenters. The number of allylic oxidation sites excluding steroid dienone is 1. The van der Waals surface area contributed by atoms with E-state index in [1.165, 1.54) is 22.3 Å². The number of hydrogen-bond donors (Lipinski definition) is 1. The van der Waals surface area contributed by atoms with Gasteiger partial charge in [0.25, 0.3) is 0 Å². The number of alkyl halides is 1. The summed E-state index contributed by atoms with van der Waals surface area (Å²) < 4.78 is 26.8. The Bertz CT molecular complexity index is 1410. The fraction of sp³-hybridized carbons (Fsp3) is 0.667. The van der Waals surface area contributed by atoms with Crippen molar-refractivity contribution in [2.45, 2.75) is 88.7 Å². The number of halogens is 1. The average molecular weight is 581 g/mol. The van der Waals surface area contributed by atoms with Gasteiger partial charge < -0.3 is 24.1 Å². The van der Waals surface area contributed by atoms with Crippen LogP contribution in [0.4, 0.5) is 0 Å². The summed E-state index contributed by atoms with van der Waals surface area (Å²) in [6.45, 7) is 10.4. The van der Waals surface area contributed by atoms with E-state index in [9.17, 15) is 5.11 Å². The van der Waals surface area contributed by atoms with Crippen LogP contribution in [0.15, 0.2) is 36.0 Å². The maximum absolute atomic E-state index is 12.3. The standard InChI is InChI=1S/C33H41ClN2O5/c1-20-5-7-22(8-6-20)15-36-16-23-13-29(3)24(12-27(23)35-36)9-10-25-26-11-21(2)33(30(26,4)14-28(37)32(25,29)34)31(40-19-41-33)17-38-18-39-31/h5-8,12,16,21,25-26,28,37H,9-11,13-15,17-19H2,1-4H3/t21-,25-,26-,28-,29-,30-,31?,32-,33+/m0/s1. The third-order valence-corrected chi connectivity index (χ3v) is 13.3. The Kier molecular flexibility index (Phi) is 5.68. The molecule has 0 radical (unpaired) electrons. The molecule has 220 valence electrons. The maximum Gasteiger partial charge on any atom is 0.227 e. The van der Waals surface area contributed by atoms with Crippen molar-refractivity contribution < 1.29 is 24.1 Å². The van der Waals surface area contributed by atoms with E-state index in [1.807, 2.05) is 0 Å². The second kappa shape index (κ2) is 8.67. The zero-order valence-corrected chi connectivity index (χ0v) is 25.2. The predicted molar refractivity (Wildman–Crippen MR) is 154 cm³/mol. The molecule has 4 aliphatic carbocycles. The van der Waals surface area contributed by atoms with Crippen LogP contribution in [0.25, 0.3) is 6.08 Å². The Labute approximate surface area is 247 Å². The first-order valence-corrected chi connectivity index (χ1v) is 15.6. The zero-order valence-electron chi connectivity index (χ0n) is 24.5. The van der Waals surface area contributed by atoms with Crippen LogP contribution in [-0.2, 0) is 31.9 Å². The van der Waals surface area contributed by atoms with Gasteiger partial charge in [-0.2, -0.15) is 5.10 Å². The van der Waals surface area contributed by atoms with Crippen molar-refractivity contribution in [3.05, 3.63) is 58.4 Å². The van der Waals surface area contributed by atoms with E-state index in [0.717, 1.165) is 37.9 Å². The topological polar surface area (TPSA) is 75.0 Å². The molecule has 5 fully saturated rings. The molecular weight excluding hydrogens is 540 g/mol. The number of benzene rings is 1. The fourth-order valence-electron chi connectivity index (χ4n) is 10.6. The lowest BCUT2D eigenvalue weighted by atomic mass is 9.44. The maximum atomic E-state index is 12.3. The molecule has 1 N–H and O–H groups in total. The van der Waals surface area contributed by atoms with Crippen molar-refractivity contribution in [3.63, 3.8) is 0 Å². The monoisotopic (exact) mass is 580 g/mol. The van der Waals surface area contributed by atoms with Crippen molar-refractivity contribution in [2.75, 3.05) is 20.2 Å². The van der Waals surface area contributed by atoms with Crippen LogP contribution in [0.1, 0.15) is 68.8 Å². The van der Waals surface area contributed by atoms with Crippen LogP contribution in [-0.4, -0.2) is 57.4 Å². The summed E-state index contributed by atoms with van der Waals surface area (Å²) in [5, 5.41) is 17.2. The predicted octanol–water partition coefficient (Wildman–Crippen LogP) is 5.44. The highest BCUT2D eigenvalue weighted by atomic mass is 35.5. The number of hydrogen-bond acceptors (Lipinski definition) is 6. The molecule has 3 heterocycles. The molecule has 7 nitrogen and oxygen atoms in total. The summed E-state index contributed by atoms with van der Waals surface area (Å²) in [6.07, 6.45) is 7.94. The van der Waals surface area contributed by atoms with Crippen LogP contribution in [0.3, 0.4) is 0 Å². The van der Waals surface area contributed by atoms with Crippen molar-refractivity contribution >= 4 is 17.7 Å². The van der Waals surface area contributed by atoms with E-state index in [4.69, 9.17) is 35.6 Å². The molecule has 1 aromatic heterocycles. The molecule has 0 bridgehead atoms. The molecule has 1 unspecified atom stereocenters. The van der Waals surface area contributed by atoms with Crippen molar-refractivity contribution in [1.29, 1.82) is 0 Å². The van der Waals surface area contributed by atoms with E-state index < -0.39 is 22.4 Å². The van der Waals surface area contributed by atoms with Gasteiger partial charge >= 0.3 is 0 Å². The SMILES string of the molecule is Cc1ccc(Cn2cc3c(n2)C=C2CC[C@H]4[C@@H]5C[C@H](C)[C@@]6(OCOC67COCO7)[C@@]5(C)C[C@H](O)[C@]4(Cl)[C@@]2(C)C3)cc1. The van der Waals surface area contributed by atoms with Crippen LogP contribution in [0, 0.1) is 35.5 Å². The lowest BCUT2D eigenvalue weighted by Gasteiger charge is -2.65. The van der Waals surface area contributed by atoms with Gasteiger partial charge in [0.2, 0.25) is 5.79 Å². The number of fused-ring (bicyclic) bond motifs is 8. The summed E-state index contributed by atoms with van der Waals surface area (Å²) in [5.41, 5.74) is 4.65. The van der Waals surface area contributed by atoms with Crippen LogP contribution < -0.4 is 0 Å². The van der Waals surface area contributed by atoms with Crippen molar-refractivity contribution in [3.8, 4) is 0 Å². The minimum absolute atomic E-state index is 0.134. The minimum Gasteiger partial charge on any atom is -0.391 e. The largest absolute Gasteiger partial charge is 0.391 e. The molecule has 1 aromatic carbocycles. The Hall–Kier alpha value is -1.74. The fourth-order valence-corrected chi connectivity index (χ4v) is 11.1. The second-order valence-electron chi connectivity index (χ2n) is 14.2. The number of rotatable bonds is 2. The molecule has 2 aliphatic heterocycles. The third-order valence-electron chi connectivity index (χ3n) is 12.4. The highest BCUT2D eigenvalue weighted by molar-refractivity contribution is 6.25. The molecule has 0 amide bonds. The molecule has 2 saturated heterocycles. The van der Waals surface area contributed by atoms with Crippen LogP contribution in [0.2, 0.25) is 0 Å². The lowest BCUT2D eigenvalue weighted by molar-refractivity contribution is -0.264. The summed E-state index contributed by atoms with van der Waals surface area (Å²) in [6, 6.07) is 8.64. The number of nitrogens with zero attached hydrogens (tertiary/aromatic N) is 2. The zero-order chi connectivity index (χ0) is 28.4. The van der Waals surface area contributed by atoms with Crippen LogP contribution >= 0.6 is 11.6 Å². The summed E-state index contributed by atoms with van der Waals surface area (Å²) in [7, 11) is 0. The minimum atomic E-state index is -0.933. The Morgan fingerprint density at radius 2 is 1.88 bits per heavy atom. The number of aliphatic hydroxyl groups is 1. The third kappa shape index (κ3) is 3.21. The number of aryl methyl sites for hydroxylation is 1. The van der Waals surface area contributed by atoms with Gasteiger partial charge in [-0.3, -0.25) is 4.68 Å². The van der Waals surface area contributed by atoms with E-state index >= 15 is 0 Å². The highest BCUT2D eigenvalue weighted by Gasteiger charge is 2.81. The number of aliphatic hydroxyl groups excluding tert-OH is 1. The molecule has 3 saturated carbocycles. The lowest BCUT2D eigenvalue weighted by Crippen LogP contribution is -2.71. The van der Waals surface area contributed by atoms with Gasteiger partial charge in [0, 0.05) is 17.0 Å². The molecule has 41 heavy (non-hydrogen) atoms. The van der Waals surface area contributed by atoms with Gasteiger partial charge in [0.15, 0.2) is 13.6 Å². The first-order chi connectivity index (χ1) is 19.6. The summed E-state index contributed by atoms with van der Waals surface area (Å²) >= 11 is 7.94. The van der Waals surface area contributed by atoms with Gasteiger partial charge in [0.05, 0.1) is 23.2 Å². The molecular formula is C33H41ClN2O5. The summed E-state index contributed by atoms with van der Waals surface area (Å²) in [5.74, 6) is -0.354. The van der Waals surface area contributed by atoms with E-state index in [0.29, 0.717) is 13.0 Å². The van der Waals surface area contributed by atoms with Gasteiger partial charge in [-0.15, -0.1) is 11.6 Å². The van der Waals surface area contributed by atoms with Crippen molar-refractivity contribution in [2.24, 2.45) is 28.6 Å². The molecule has 6 aliphatic rings. The number of ether oxygens (including phenoxy) is 4. The Morgan fingerprint density at radius 1 is 1.10 bits per heavy atom. The smallest absolute Gasteiger partial charge is 0.227 e. The second-order valence-corrected chi connectivity index (χ2v) is 14.8. The molecule has 8 rings (SSSR count). The Balaban J connectivity index is 1.15. The van der Waals surface area contributed by atoms with Crippen molar-refractivity contribution in [1.82, 2.24) is 9.78 Å². The highest BCUT2D eigenvalue weighted by Crippen LogP contribution is 2.75. The van der Waals surface area contributed by atoms with Crippen LogP contribution in [0.5, 0.6) is 0 Å². The molecule has 2 aromatic rings. The van der Waals surface area contributed by atoms with Gasteiger partial charge in [-0.1, -0.05) is 56.2 Å². The van der Waals surface area contributed by atoms with E-state index in [1.54, 1.807) is 0 Å². The first-order valence-electron chi connectivity index (χ1n) is 15.3. The van der Waals surface area contributed by atoms with Gasteiger partial charge in [-0.05, 0) is 74.0 Å². The normalized spacial score (nSPS) is 46.3. The quantitative estimate of drug-likeness (QED) is 0.477. The van der Waals surface area contributed by atoms with Gasteiger partial charge in [-0.25, -0.2) is 0 Å². The van der Waals surface area contributed by atoms with E-state index in [2.05, 4.69) is 68.9 Å². The number of aromatic nitrogens is 2.